The molecule has 1 saturated carbocycles. The molecule has 0 aromatic carbocycles. The highest BCUT2D eigenvalue weighted by Gasteiger charge is 2.29. The van der Waals surface area contributed by atoms with E-state index in [2.05, 4.69) is 15.7 Å². The Balaban J connectivity index is 1.83. The predicted octanol–water partition coefficient (Wildman–Crippen LogP) is 1.96. The Morgan fingerprint density at radius 3 is 2.76 bits per heavy atom. The summed E-state index contributed by atoms with van der Waals surface area (Å²) in [7, 11) is 1.93. The zero-order chi connectivity index (χ0) is 15.5. The van der Waals surface area contributed by atoms with Gasteiger partial charge in [0.25, 0.3) is 0 Å². The molecule has 2 rings (SSSR count). The lowest BCUT2D eigenvalue weighted by Gasteiger charge is -2.25. The fourth-order valence-electron chi connectivity index (χ4n) is 2.65. The Kier molecular flexibility index (Phi) is 4.88. The van der Waals surface area contributed by atoms with Gasteiger partial charge < -0.3 is 15.4 Å². The maximum Gasteiger partial charge on any atom is 0.407 e. The van der Waals surface area contributed by atoms with Crippen LogP contribution in [0.4, 0.5) is 4.79 Å². The van der Waals surface area contributed by atoms with Crippen LogP contribution >= 0.6 is 0 Å². The van der Waals surface area contributed by atoms with Crippen molar-refractivity contribution in [3.05, 3.63) is 18.0 Å². The van der Waals surface area contributed by atoms with Gasteiger partial charge in [-0.15, -0.1) is 0 Å². The number of rotatable bonds is 4. The monoisotopic (exact) mass is 294 g/mol. The number of alkyl carbamates (subject to hydrolysis) is 1. The first-order valence-electron chi connectivity index (χ1n) is 7.55. The van der Waals surface area contributed by atoms with Gasteiger partial charge in [0.2, 0.25) is 0 Å². The number of nitrogens with one attached hydrogen (secondary N) is 2. The van der Waals surface area contributed by atoms with E-state index in [0.29, 0.717) is 0 Å². The van der Waals surface area contributed by atoms with Gasteiger partial charge >= 0.3 is 6.09 Å². The van der Waals surface area contributed by atoms with E-state index in [-0.39, 0.29) is 18.2 Å². The summed E-state index contributed by atoms with van der Waals surface area (Å²) in [6, 6.07) is 2.42. The Bertz CT molecular complexity index is 478. The highest BCUT2D eigenvalue weighted by atomic mass is 16.6. The van der Waals surface area contributed by atoms with Crippen molar-refractivity contribution < 1.29 is 9.53 Å². The van der Waals surface area contributed by atoms with Crippen molar-refractivity contribution in [2.75, 3.05) is 0 Å². The SMILES string of the molecule is Cn1nccc1CN[C@@H]1CCC[C@@H]1NC(=O)OC(C)(C)C. The second-order valence-corrected chi connectivity index (χ2v) is 6.62. The van der Waals surface area contributed by atoms with Gasteiger partial charge in [0.05, 0.1) is 5.69 Å². The zero-order valence-corrected chi connectivity index (χ0v) is 13.3. The van der Waals surface area contributed by atoms with E-state index in [0.717, 1.165) is 31.5 Å². The molecule has 0 saturated heterocycles. The van der Waals surface area contributed by atoms with E-state index >= 15 is 0 Å². The second kappa shape index (κ2) is 6.47. The Labute approximate surface area is 126 Å². The highest BCUT2D eigenvalue weighted by Crippen LogP contribution is 2.20. The van der Waals surface area contributed by atoms with Crippen LogP contribution in [0.3, 0.4) is 0 Å². The number of carbonyl (C=O) groups is 1. The number of hydrogen-bond donors (Lipinski definition) is 2. The lowest BCUT2D eigenvalue weighted by Crippen LogP contribution is -2.47. The first kappa shape index (κ1) is 15.8. The van der Waals surface area contributed by atoms with Crippen LogP contribution in [-0.4, -0.2) is 33.6 Å². The minimum atomic E-state index is -0.458. The predicted molar refractivity (Wildman–Crippen MR) is 80.8 cm³/mol. The topological polar surface area (TPSA) is 68.2 Å². The fraction of sp³-hybridized carbons (Fsp3) is 0.733. The molecule has 1 heterocycles. The van der Waals surface area contributed by atoms with E-state index in [1.807, 2.05) is 38.6 Å². The number of ether oxygens (including phenoxy) is 1. The molecule has 118 valence electrons. The van der Waals surface area contributed by atoms with Crippen LogP contribution in [0.15, 0.2) is 12.3 Å². The Morgan fingerprint density at radius 2 is 2.14 bits per heavy atom. The van der Waals surface area contributed by atoms with Crippen molar-refractivity contribution in [3.8, 4) is 0 Å². The van der Waals surface area contributed by atoms with Crippen LogP contribution in [0.2, 0.25) is 0 Å². The van der Waals surface area contributed by atoms with Gasteiger partial charge in [0.15, 0.2) is 0 Å². The average molecular weight is 294 g/mol. The number of aromatic nitrogens is 2. The van der Waals surface area contributed by atoms with Gasteiger partial charge in [-0.2, -0.15) is 5.10 Å². The van der Waals surface area contributed by atoms with Crippen molar-refractivity contribution >= 4 is 6.09 Å². The quantitative estimate of drug-likeness (QED) is 0.890. The molecule has 1 fully saturated rings. The van der Waals surface area contributed by atoms with Crippen LogP contribution in [-0.2, 0) is 18.3 Å². The maximum atomic E-state index is 11.9. The van der Waals surface area contributed by atoms with Crippen molar-refractivity contribution in [2.24, 2.45) is 7.05 Å². The molecule has 0 radical (unpaired) electrons. The van der Waals surface area contributed by atoms with Crippen molar-refractivity contribution in [3.63, 3.8) is 0 Å². The first-order valence-corrected chi connectivity index (χ1v) is 7.55. The third-order valence-corrected chi connectivity index (χ3v) is 3.69. The van der Waals surface area contributed by atoms with E-state index in [4.69, 9.17) is 4.74 Å². The van der Waals surface area contributed by atoms with Crippen LogP contribution in [0, 0.1) is 0 Å². The van der Waals surface area contributed by atoms with Gasteiger partial charge in [-0.05, 0) is 46.1 Å². The molecule has 21 heavy (non-hydrogen) atoms. The summed E-state index contributed by atoms with van der Waals surface area (Å²) in [6.45, 7) is 6.38. The minimum Gasteiger partial charge on any atom is -0.444 e. The number of hydrogen-bond acceptors (Lipinski definition) is 4. The molecular weight excluding hydrogens is 268 g/mol. The van der Waals surface area contributed by atoms with E-state index in [1.54, 1.807) is 6.20 Å². The molecule has 0 spiro atoms. The summed E-state index contributed by atoms with van der Waals surface area (Å²) >= 11 is 0. The summed E-state index contributed by atoms with van der Waals surface area (Å²) in [5, 5.41) is 10.7. The van der Waals surface area contributed by atoms with Crippen molar-refractivity contribution in [2.45, 2.75) is 64.3 Å². The number of amides is 1. The van der Waals surface area contributed by atoms with Crippen molar-refractivity contribution in [1.29, 1.82) is 0 Å². The lowest BCUT2D eigenvalue weighted by atomic mass is 10.1. The smallest absolute Gasteiger partial charge is 0.407 e. The summed E-state index contributed by atoms with van der Waals surface area (Å²) in [4.78, 5) is 11.9. The molecular formula is C15H26N4O2. The highest BCUT2D eigenvalue weighted by molar-refractivity contribution is 5.68. The molecule has 0 aliphatic heterocycles. The van der Waals surface area contributed by atoms with Gasteiger partial charge in [-0.1, -0.05) is 0 Å². The average Bonchev–Trinajstić information content (AvgIpc) is 2.93. The lowest BCUT2D eigenvalue weighted by molar-refractivity contribution is 0.0498. The van der Waals surface area contributed by atoms with Gasteiger partial charge in [0, 0.05) is 31.9 Å². The molecule has 1 amide bonds. The maximum absolute atomic E-state index is 11.9. The number of nitrogens with zero attached hydrogens (tertiary/aromatic N) is 2. The molecule has 6 heteroatoms. The summed E-state index contributed by atoms with van der Waals surface area (Å²) in [5.74, 6) is 0. The zero-order valence-electron chi connectivity index (χ0n) is 13.3. The van der Waals surface area contributed by atoms with Gasteiger partial charge in [0.1, 0.15) is 5.60 Å². The van der Waals surface area contributed by atoms with E-state index in [9.17, 15) is 4.79 Å². The van der Waals surface area contributed by atoms with Crippen LogP contribution in [0.1, 0.15) is 45.7 Å². The van der Waals surface area contributed by atoms with Crippen LogP contribution < -0.4 is 10.6 Å². The van der Waals surface area contributed by atoms with Crippen LogP contribution in [0.5, 0.6) is 0 Å². The van der Waals surface area contributed by atoms with Gasteiger partial charge in [-0.25, -0.2) is 4.79 Å². The standard InChI is InChI=1S/C15H26N4O2/c1-15(2,3)21-14(20)18-13-7-5-6-12(13)16-10-11-8-9-17-19(11)4/h8-9,12-13,16H,5-7,10H2,1-4H3,(H,18,20)/t12-,13+/m1/s1. The normalized spacial score (nSPS) is 22.3. The number of aryl methyl sites for hydroxylation is 1. The molecule has 2 atom stereocenters. The Hall–Kier alpha value is -1.56. The molecule has 1 aromatic heterocycles. The van der Waals surface area contributed by atoms with Crippen molar-refractivity contribution in [1.82, 2.24) is 20.4 Å². The third-order valence-electron chi connectivity index (χ3n) is 3.69. The largest absolute Gasteiger partial charge is 0.444 e. The van der Waals surface area contributed by atoms with E-state index in [1.165, 1.54) is 0 Å². The third kappa shape index (κ3) is 4.74. The Morgan fingerprint density at radius 1 is 1.43 bits per heavy atom. The second-order valence-electron chi connectivity index (χ2n) is 6.62. The molecule has 1 aromatic rings. The molecule has 6 nitrogen and oxygen atoms in total. The van der Waals surface area contributed by atoms with Gasteiger partial charge in [-0.3, -0.25) is 4.68 Å². The molecule has 2 N–H and O–H groups in total. The molecule has 0 bridgehead atoms. The first-order chi connectivity index (χ1) is 9.85. The fourth-order valence-corrected chi connectivity index (χ4v) is 2.65. The number of carbonyl (C=O) groups excluding carboxylic acids is 1. The summed E-state index contributed by atoms with van der Waals surface area (Å²) in [5.41, 5.74) is 0.679. The van der Waals surface area contributed by atoms with Crippen LogP contribution in [0.25, 0.3) is 0 Å². The molecule has 1 aliphatic carbocycles. The molecule has 0 unspecified atom stereocenters. The summed E-state index contributed by atoms with van der Waals surface area (Å²) in [6.07, 6.45) is 4.63. The minimum absolute atomic E-state index is 0.132. The molecule has 1 aliphatic rings. The van der Waals surface area contributed by atoms with E-state index < -0.39 is 5.60 Å². The summed E-state index contributed by atoms with van der Waals surface area (Å²) < 4.78 is 7.18.